The number of aromatic nitrogens is 1. The molecule has 1 amide bonds. The zero-order valence-electron chi connectivity index (χ0n) is 11.1. The highest BCUT2D eigenvalue weighted by Gasteiger charge is 2.32. The largest absolute Gasteiger partial charge is 0.478 e. The molecule has 0 aliphatic heterocycles. The number of aliphatic carboxylic acids is 1. The molecule has 0 aliphatic rings. The van der Waals surface area contributed by atoms with E-state index in [1.54, 1.807) is 6.92 Å². The molecule has 0 bridgehead atoms. The van der Waals surface area contributed by atoms with Crippen molar-refractivity contribution < 1.29 is 27.9 Å². The maximum absolute atomic E-state index is 12.4. The summed E-state index contributed by atoms with van der Waals surface area (Å²) in [7, 11) is 0. The zero-order chi connectivity index (χ0) is 16.2. The minimum atomic E-state index is -4.52. The molecular formula is C13H13F3N2O3. The van der Waals surface area contributed by atoms with E-state index >= 15 is 0 Å². The number of halogens is 3. The quantitative estimate of drug-likeness (QED) is 0.818. The van der Waals surface area contributed by atoms with Crippen LogP contribution in [0.25, 0.3) is 0 Å². The Kier molecular flexibility index (Phi) is 5.07. The molecule has 114 valence electrons. The third-order valence-corrected chi connectivity index (χ3v) is 2.63. The Morgan fingerprint density at radius 2 is 2.05 bits per heavy atom. The Bertz CT molecular complexity index is 553. The van der Waals surface area contributed by atoms with Crippen molar-refractivity contribution in [2.24, 2.45) is 0 Å². The molecule has 1 aromatic rings. The molecule has 0 fully saturated rings. The predicted octanol–water partition coefficient (Wildman–Crippen LogP) is 2.31. The first-order valence-corrected chi connectivity index (χ1v) is 5.85. The fraction of sp³-hybridized carbons (Fsp3) is 0.308. The molecule has 0 radical (unpaired) electrons. The van der Waals surface area contributed by atoms with Gasteiger partial charge < -0.3 is 10.4 Å². The molecule has 5 nitrogen and oxygen atoms in total. The molecule has 1 heterocycles. The van der Waals surface area contributed by atoms with Crippen molar-refractivity contribution in [3.63, 3.8) is 0 Å². The number of pyridine rings is 1. The maximum Gasteiger partial charge on any atom is 0.433 e. The number of rotatable bonds is 5. The molecule has 0 unspecified atom stereocenters. The van der Waals surface area contributed by atoms with E-state index in [2.05, 4.69) is 16.9 Å². The van der Waals surface area contributed by atoms with Gasteiger partial charge in [0.1, 0.15) is 5.69 Å². The summed E-state index contributed by atoms with van der Waals surface area (Å²) in [5.74, 6) is -1.87. The van der Waals surface area contributed by atoms with Gasteiger partial charge in [-0.1, -0.05) is 12.6 Å². The summed E-state index contributed by atoms with van der Waals surface area (Å²) in [5, 5.41) is 11.0. The minimum Gasteiger partial charge on any atom is -0.478 e. The molecular weight excluding hydrogens is 289 g/mol. The lowest BCUT2D eigenvalue weighted by atomic mass is 10.1. The van der Waals surface area contributed by atoms with Crippen LogP contribution in [0.5, 0.6) is 0 Å². The summed E-state index contributed by atoms with van der Waals surface area (Å²) >= 11 is 0. The molecule has 1 rings (SSSR count). The molecule has 0 aromatic carbocycles. The lowest BCUT2D eigenvalue weighted by Gasteiger charge is -2.15. The molecule has 0 saturated heterocycles. The maximum atomic E-state index is 12.4. The average Bonchev–Trinajstić information content (AvgIpc) is 2.37. The van der Waals surface area contributed by atoms with Gasteiger partial charge in [-0.3, -0.25) is 9.78 Å². The first kappa shape index (κ1) is 16.7. The van der Waals surface area contributed by atoms with Crippen molar-refractivity contribution in [3.8, 4) is 0 Å². The first-order chi connectivity index (χ1) is 9.61. The summed E-state index contributed by atoms with van der Waals surface area (Å²) in [6.07, 6.45) is -3.90. The standard InChI is InChI=1S/C13H13F3N2O3/c1-7(12(20)21)5-11(19)18-8(2)9-3-4-10(17-6-9)13(14,15)16/h3-4,6,8H,1,5H2,2H3,(H,18,19)(H,20,21)/t8-/m0/s1. The molecule has 8 heteroatoms. The Morgan fingerprint density at radius 1 is 1.43 bits per heavy atom. The van der Waals surface area contributed by atoms with E-state index in [-0.39, 0.29) is 5.57 Å². The third-order valence-electron chi connectivity index (χ3n) is 2.63. The van der Waals surface area contributed by atoms with Crippen molar-refractivity contribution in [1.82, 2.24) is 10.3 Å². The lowest BCUT2D eigenvalue weighted by molar-refractivity contribution is -0.141. The van der Waals surface area contributed by atoms with Gasteiger partial charge in [0.05, 0.1) is 12.5 Å². The lowest BCUT2D eigenvalue weighted by Crippen LogP contribution is -2.27. The van der Waals surface area contributed by atoms with E-state index in [4.69, 9.17) is 5.11 Å². The van der Waals surface area contributed by atoms with Crippen LogP contribution in [-0.2, 0) is 15.8 Å². The van der Waals surface area contributed by atoms with Crippen LogP contribution in [0, 0.1) is 0 Å². The monoisotopic (exact) mass is 302 g/mol. The molecule has 1 aromatic heterocycles. The highest BCUT2D eigenvalue weighted by Crippen LogP contribution is 2.27. The zero-order valence-corrected chi connectivity index (χ0v) is 11.1. The highest BCUT2D eigenvalue weighted by atomic mass is 19.4. The molecule has 2 N–H and O–H groups in total. The van der Waals surface area contributed by atoms with E-state index < -0.39 is 36.2 Å². The van der Waals surface area contributed by atoms with Gasteiger partial charge in [-0.2, -0.15) is 13.2 Å². The second-order valence-electron chi connectivity index (χ2n) is 4.35. The van der Waals surface area contributed by atoms with Gasteiger partial charge >= 0.3 is 12.1 Å². The number of carbonyl (C=O) groups is 2. The van der Waals surface area contributed by atoms with Crippen LogP contribution in [0.2, 0.25) is 0 Å². The van der Waals surface area contributed by atoms with Gasteiger partial charge in [-0.05, 0) is 18.6 Å². The van der Waals surface area contributed by atoms with Gasteiger partial charge in [0, 0.05) is 11.8 Å². The van der Waals surface area contributed by atoms with E-state index in [0.29, 0.717) is 5.56 Å². The topological polar surface area (TPSA) is 79.3 Å². The highest BCUT2D eigenvalue weighted by molar-refractivity contribution is 5.93. The fourth-order valence-electron chi connectivity index (χ4n) is 1.47. The molecule has 0 saturated carbocycles. The van der Waals surface area contributed by atoms with Crippen LogP contribution in [0.1, 0.15) is 30.6 Å². The SMILES string of the molecule is C=C(CC(=O)N[C@@H](C)c1ccc(C(F)(F)F)nc1)C(=O)O. The van der Waals surface area contributed by atoms with Gasteiger partial charge in [-0.15, -0.1) is 0 Å². The van der Waals surface area contributed by atoms with Gasteiger partial charge in [0.2, 0.25) is 5.91 Å². The van der Waals surface area contributed by atoms with Crippen LogP contribution in [-0.4, -0.2) is 22.0 Å². The van der Waals surface area contributed by atoms with Gasteiger partial charge in [0.15, 0.2) is 0 Å². The summed E-state index contributed by atoms with van der Waals surface area (Å²) < 4.78 is 37.1. The van der Waals surface area contributed by atoms with Crippen molar-refractivity contribution >= 4 is 11.9 Å². The number of carboxylic acids is 1. The number of nitrogens with zero attached hydrogens (tertiary/aromatic N) is 1. The second-order valence-corrected chi connectivity index (χ2v) is 4.35. The van der Waals surface area contributed by atoms with E-state index in [0.717, 1.165) is 12.3 Å². The number of amides is 1. The number of carbonyl (C=O) groups excluding carboxylic acids is 1. The molecule has 21 heavy (non-hydrogen) atoms. The van der Waals surface area contributed by atoms with Crippen LogP contribution < -0.4 is 5.32 Å². The fourth-order valence-corrected chi connectivity index (χ4v) is 1.47. The number of carboxylic acid groups (broad SMARTS) is 1. The normalized spacial score (nSPS) is 12.6. The van der Waals surface area contributed by atoms with Crippen LogP contribution >= 0.6 is 0 Å². The third kappa shape index (κ3) is 4.90. The van der Waals surface area contributed by atoms with Crippen LogP contribution in [0.4, 0.5) is 13.2 Å². The van der Waals surface area contributed by atoms with Crippen molar-refractivity contribution in [2.45, 2.75) is 25.6 Å². The summed E-state index contributed by atoms with van der Waals surface area (Å²) in [6.45, 7) is 4.76. The summed E-state index contributed by atoms with van der Waals surface area (Å²) in [5.41, 5.74) is -0.924. The van der Waals surface area contributed by atoms with Crippen molar-refractivity contribution in [3.05, 3.63) is 41.7 Å². The van der Waals surface area contributed by atoms with Crippen LogP contribution in [0.3, 0.4) is 0 Å². The Hall–Kier alpha value is -2.38. The Labute approximate surface area is 118 Å². The Balaban J connectivity index is 2.68. The van der Waals surface area contributed by atoms with Crippen molar-refractivity contribution in [2.75, 3.05) is 0 Å². The minimum absolute atomic E-state index is 0.273. The van der Waals surface area contributed by atoms with Crippen molar-refractivity contribution in [1.29, 1.82) is 0 Å². The van der Waals surface area contributed by atoms with Gasteiger partial charge in [-0.25, -0.2) is 4.79 Å². The number of hydrogen-bond donors (Lipinski definition) is 2. The molecule has 0 aliphatic carbocycles. The predicted molar refractivity (Wildman–Crippen MR) is 67.2 cm³/mol. The average molecular weight is 302 g/mol. The summed E-state index contributed by atoms with van der Waals surface area (Å²) in [6, 6.07) is 1.41. The number of alkyl halides is 3. The van der Waals surface area contributed by atoms with E-state index in [1.807, 2.05) is 0 Å². The number of nitrogens with one attached hydrogen (secondary N) is 1. The van der Waals surface area contributed by atoms with E-state index in [1.165, 1.54) is 6.07 Å². The first-order valence-electron chi connectivity index (χ1n) is 5.85. The molecule has 1 atom stereocenters. The van der Waals surface area contributed by atoms with E-state index in [9.17, 15) is 22.8 Å². The summed E-state index contributed by atoms with van der Waals surface area (Å²) in [4.78, 5) is 25.3. The number of hydrogen-bond acceptors (Lipinski definition) is 3. The van der Waals surface area contributed by atoms with Gasteiger partial charge in [0.25, 0.3) is 0 Å². The molecule has 0 spiro atoms. The smallest absolute Gasteiger partial charge is 0.433 e. The second kappa shape index (κ2) is 6.38. The van der Waals surface area contributed by atoms with Crippen LogP contribution in [0.15, 0.2) is 30.5 Å². The Morgan fingerprint density at radius 3 is 2.48 bits per heavy atom.